The van der Waals surface area contributed by atoms with Crippen LogP contribution in [0.15, 0.2) is 267 Å². The van der Waals surface area contributed by atoms with Gasteiger partial charge in [0.1, 0.15) is 0 Å². The molecule has 0 fully saturated rings. The van der Waals surface area contributed by atoms with E-state index in [0.717, 1.165) is 77.9 Å². The molecule has 13 aromatic rings. The highest BCUT2D eigenvalue weighted by Crippen LogP contribution is 2.57. The van der Waals surface area contributed by atoms with Crippen LogP contribution in [0.3, 0.4) is 0 Å². The third-order valence-corrected chi connectivity index (χ3v) is 15.6. The van der Waals surface area contributed by atoms with Gasteiger partial charge in [-0.3, -0.25) is 9.97 Å². The zero-order valence-corrected chi connectivity index (χ0v) is 43.1. The Bertz CT molecular complexity index is 4200. The normalized spacial score (nSPS) is 13.8. The lowest BCUT2D eigenvalue weighted by atomic mass is 9.60. The van der Waals surface area contributed by atoms with E-state index in [2.05, 4.69) is 168 Å². The molecular formula is C72H46N8. The molecule has 2 unspecified atom stereocenters. The molecule has 0 saturated heterocycles. The fraction of sp³-hybridized carbons (Fsp3) is 0.0278. The van der Waals surface area contributed by atoms with Gasteiger partial charge in [0, 0.05) is 70.0 Å². The van der Waals surface area contributed by atoms with Crippen LogP contribution in [-0.4, -0.2) is 39.9 Å². The summed E-state index contributed by atoms with van der Waals surface area (Å²) in [6.45, 7) is 0. The molecule has 8 heteroatoms. The number of nitrogens with zero attached hydrogens (tertiary/aromatic N) is 8. The van der Waals surface area contributed by atoms with Gasteiger partial charge in [-0.25, -0.2) is 29.9 Å². The van der Waals surface area contributed by atoms with Crippen LogP contribution in [-0.2, 0) is 0 Å². The molecule has 0 N–H and O–H groups in total. The number of hydrogen-bond donors (Lipinski definition) is 0. The first-order valence-electron chi connectivity index (χ1n) is 26.9. The van der Waals surface area contributed by atoms with Crippen molar-refractivity contribution in [2.45, 2.75) is 11.8 Å². The Morgan fingerprint density at radius 3 is 0.812 bits per heavy atom. The fourth-order valence-electron chi connectivity index (χ4n) is 12.0. The predicted molar refractivity (Wildman–Crippen MR) is 318 cm³/mol. The van der Waals surface area contributed by atoms with Crippen molar-refractivity contribution in [3.63, 3.8) is 0 Å². The summed E-state index contributed by atoms with van der Waals surface area (Å²) in [6, 6.07) is 85.1. The molecule has 0 radical (unpaired) electrons. The summed E-state index contributed by atoms with van der Waals surface area (Å²) in [4.78, 5) is 40.0. The zero-order valence-electron chi connectivity index (χ0n) is 43.1. The Kier molecular flexibility index (Phi) is 11.5. The number of aromatic nitrogens is 8. The Hall–Kier alpha value is -10.7. The third kappa shape index (κ3) is 8.17. The van der Waals surface area contributed by atoms with Gasteiger partial charge in [0.05, 0.1) is 0 Å². The largest absolute Gasteiger partial charge is 0.265 e. The summed E-state index contributed by atoms with van der Waals surface area (Å²) in [7, 11) is 0. The Morgan fingerprint density at radius 1 is 0.188 bits per heavy atom. The molecule has 16 rings (SSSR count). The van der Waals surface area contributed by atoms with Crippen LogP contribution in [0.4, 0.5) is 0 Å². The number of rotatable bonds is 10. The van der Waals surface area contributed by atoms with E-state index in [9.17, 15) is 0 Å². The second-order valence-corrected chi connectivity index (χ2v) is 20.2. The molecule has 374 valence electrons. The maximum atomic E-state index is 5.32. The van der Waals surface area contributed by atoms with Crippen molar-refractivity contribution in [2.24, 2.45) is 0 Å². The van der Waals surface area contributed by atoms with Crippen LogP contribution >= 0.6 is 0 Å². The minimum atomic E-state index is 0.0238. The quantitative estimate of drug-likeness (QED) is 0.133. The molecule has 3 aliphatic rings. The molecule has 3 aliphatic carbocycles. The van der Waals surface area contributed by atoms with Gasteiger partial charge in [0.15, 0.2) is 34.9 Å². The molecule has 8 nitrogen and oxygen atoms in total. The fourth-order valence-corrected chi connectivity index (χ4v) is 12.0. The summed E-state index contributed by atoms with van der Waals surface area (Å²) >= 11 is 0. The molecule has 0 spiro atoms. The maximum Gasteiger partial charge on any atom is 0.164 e. The van der Waals surface area contributed by atoms with Crippen molar-refractivity contribution in [3.05, 3.63) is 301 Å². The lowest BCUT2D eigenvalue weighted by Gasteiger charge is -2.42. The Balaban J connectivity index is 0.836. The van der Waals surface area contributed by atoms with Gasteiger partial charge in [0.2, 0.25) is 0 Å². The first-order chi connectivity index (χ1) is 39.7. The van der Waals surface area contributed by atoms with Gasteiger partial charge >= 0.3 is 0 Å². The topological polar surface area (TPSA) is 103 Å². The van der Waals surface area contributed by atoms with E-state index in [0.29, 0.717) is 34.9 Å². The van der Waals surface area contributed by atoms with E-state index in [1.807, 2.05) is 110 Å². The third-order valence-electron chi connectivity index (χ3n) is 15.6. The minimum absolute atomic E-state index is 0.0238. The van der Waals surface area contributed by atoms with Crippen molar-refractivity contribution in [1.82, 2.24) is 39.9 Å². The highest BCUT2D eigenvalue weighted by atomic mass is 15.0. The van der Waals surface area contributed by atoms with Gasteiger partial charge < -0.3 is 0 Å². The SMILES string of the molecule is c1ccc(-c2nc(-c3ccccc3-c3ccncc3)nc(-c3ccccc3-c3ccc4c(c3)C3c5ccccc5C4c4cc(-c5ccccc5-c5nc(-c6ccccc6)nc(-c6ccccc6-c6ccncc6)n5)ccc43)n2)cc1. The molecule has 9 aromatic carbocycles. The van der Waals surface area contributed by atoms with Crippen LogP contribution in [0.1, 0.15) is 45.2 Å². The average molecular weight is 1020 g/mol. The molecule has 2 bridgehead atoms. The first-order valence-corrected chi connectivity index (χ1v) is 26.9. The average Bonchev–Trinajstić information content (AvgIpc) is 3.71. The predicted octanol–water partition coefficient (Wildman–Crippen LogP) is 16.5. The molecule has 4 aromatic heterocycles. The van der Waals surface area contributed by atoms with E-state index < -0.39 is 0 Å². The number of benzene rings is 9. The molecule has 2 atom stereocenters. The molecule has 0 amide bonds. The lowest BCUT2D eigenvalue weighted by molar-refractivity contribution is 0.755. The summed E-state index contributed by atoms with van der Waals surface area (Å²) < 4.78 is 0. The van der Waals surface area contributed by atoms with Gasteiger partial charge in [-0.1, -0.05) is 206 Å². The van der Waals surface area contributed by atoms with E-state index in [-0.39, 0.29) is 11.8 Å². The Morgan fingerprint density at radius 2 is 0.463 bits per heavy atom. The molecule has 80 heavy (non-hydrogen) atoms. The van der Waals surface area contributed by atoms with Crippen LogP contribution in [0.2, 0.25) is 0 Å². The smallest absolute Gasteiger partial charge is 0.164 e. The highest BCUT2D eigenvalue weighted by molar-refractivity contribution is 5.88. The summed E-state index contributed by atoms with van der Waals surface area (Å²) in [5, 5.41) is 0. The second-order valence-electron chi connectivity index (χ2n) is 20.2. The van der Waals surface area contributed by atoms with Crippen molar-refractivity contribution < 1.29 is 0 Å². The minimum Gasteiger partial charge on any atom is -0.265 e. The standard InChI is InChI=1S/C72H46N8/c1-3-17-47(18-4-1)67-75-69(59-27-13-7-21-51(59)45-35-39-73-40-36-45)79-71(77-67)61-29-15-9-23-53(61)49-31-33-57-63(43-49)65-55-25-11-12-26-56(55)66(57)64-44-50(32-34-58(64)65)54-24-10-16-30-62(54)72-78-68(48-19-5-2-6-20-48)76-70(80-72)60-28-14-8-22-52(60)46-37-41-74-42-38-46/h1-44,65-66H. The van der Waals surface area contributed by atoms with Gasteiger partial charge in [0.25, 0.3) is 0 Å². The number of hydrogen-bond acceptors (Lipinski definition) is 8. The summed E-state index contributed by atoms with van der Waals surface area (Å²) in [6.07, 6.45) is 7.27. The molecular weight excluding hydrogens is 977 g/mol. The van der Waals surface area contributed by atoms with Crippen molar-refractivity contribution in [1.29, 1.82) is 0 Å². The van der Waals surface area contributed by atoms with E-state index >= 15 is 0 Å². The van der Waals surface area contributed by atoms with E-state index in [4.69, 9.17) is 29.9 Å². The van der Waals surface area contributed by atoms with E-state index in [1.165, 1.54) is 33.4 Å². The van der Waals surface area contributed by atoms with Gasteiger partial charge in [-0.2, -0.15) is 0 Å². The lowest BCUT2D eigenvalue weighted by Crippen LogP contribution is -2.27. The van der Waals surface area contributed by atoms with Crippen molar-refractivity contribution in [2.75, 3.05) is 0 Å². The Labute approximate surface area is 463 Å². The van der Waals surface area contributed by atoms with Gasteiger partial charge in [-0.05, 0) is 114 Å². The summed E-state index contributed by atoms with van der Waals surface area (Å²) in [5.74, 6) is 3.69. The van der Waals surface area contributed by atoms with Crippen molar-refractivity contribution >= 4 is 0 Å². The zero-order chi connectivity index (χ0) is 52.9. The van der Waals surface area contributed by atoms with Crippen molar-refractivity contribution in [3.8, 4) is 113 Å². The first kappa shape index (κ1) is 46.6. The van der Waals surface area contributed by atoms with Gasteiger partial charge in [-0.15, -0.1) is 0 Å². The van der Waals surface area contributed by atoms with Crippen LogP contribution in [0, 0.1) is 0 Å². The number of pyridine rings is 2. The van der Waals surface area contributed by atoms with Crippen LogP contribution in [0.25, 0.3) is 113 Å². The maximum absolute atomic E-state index is 5.32. The van der Waals surface area contributed by atoms with Crippen LogP contribution in [0.5, 0.6) is 0 Å². The summed E-state index contributed by atoms with van der Waals surface area (Å²) in [5.41, 5.74) is 21.9. The molecule has 0 aliphatic heterocycles. The monoisotopic (exact) mass is 1020 g/mol. The molecule has 0 saturated carbocycles. The second kappa shape index (κ2) is 19.7. The molecule has 4 heterocycles. The van der Waals surface area contributed by atoms with E-state index in [1.54, 1.807) is 0 Å². The highest BCUT2D eigenvalue weighted by Gasteiger charge is 2.41. The van der Waals surface area contributed by atoms with Crippen LogP contribution < -0.4 is 0 Å².